The van der Waals surface area contributed by atoms with Gasteiger partial charge in [0.25, 0.3) is 0 Å². The number of nitrogens with zero attached hydrogens (tertiary/aromatic N) is 2. The van der Waals surface area contributed by atoms with E-state index in [0.717, 1.165) is 80.9 Å². The molecule has 1 heterocycles. The summed E-state index contributed by atoms with van der Waals surface area (Å²) in [6.45, 7) is 2.30. The summed E-state index contributed by atoms with van der Waals surface area (Å²) >= 11 is 0. The van der Waals surface area contributed by atoms with Crippen LogP contribution in [0.15, 0.2) is 48.5 Å². The van der Waals surface area contributed by atoms with Crippen LogP contribution in [0.25, 0.3) is 11.0 Å². The molecule has 0 aliphatic heterocycles. The van der Waals surface area contributed by atoms with Crippen LogP contribution in [0.3, 0.4) is 0 Å². The summed E-state index contributed by atoms with van der Waals surface area (Å²) < 4.78 is 13.5. The number of benzene rings is 2. The van der Waals surface area contributed by atoms with E-state index in [0.29, 0.717) is 12.5 Å². The van der Waals surface area contributed by atoms with Crippen molar-refractivity contribution in [2.75, 3.05) is 20.3 Å². The Bertz CT molecular complexity index is 1030. The Balaban J connectivity index is 1.26. The minimum absolute atomic E-state index is 0.239. The van der Waals surface area contributed by atoms with E-state index in [2.05, 4.69) is 28.1 Å². The third-order valence-electron chi connectivity index (χ3n) is 5.89. The predicted octanol–water partition coefficient (Wildman–Crippen LogP) is 4.75. The number of imidazole rings is 1. The number of aromatic nitrogens is 2. The first kappa shape index (κ1) is 22.2. The van der Waals surface area contributed by atoms with Crippen LogP contribution < -0.4 is 14.8 Å². The number of hydrogen-bond acceptors (Lipinski definition) is 4. The molecule has 2 aromatic carbocycles. The number of ether oxygens (including phenoxy) is 2. The second kappa shape index (κ2) is 11.0. The minimum Gasteiger partial charge on any atom is -0.497 e. The zero-order valence-electron chi connectivity index (χ0n) is 18.9. The Kier molecular flexibility index (Phi) is 7.64. The highest BCUT2D eigenvalue weighted by atomic mass is 16.5. The molecule has 1 fully saturated rings. The molecule has 170 valence electrons. The fourth-order valence-corrected chi connectivity index (χ4v) is 3.96. The molecule has 32 heavy (non-hydrogen) atoms. The molecule has 1 aliphatic rings. The number of rotatable bonds is 13. The van der Waals surface area contributed by atoms with E-state index >= 15 is 0 Å². The molecule has 0 spiro atoms. The maximum Gasteiger partial charge on any atom is 0.223 e. The molecule has 0 saturated heterocycles. The Labute approximate surface area is 189 Å². The molecule has 6 heteroatoms. The van der Waals surface area contributed by atoms with Crippen molar-refractivity contribution < 1.29 is 14.3 Å². The number of methoxy groups -OCH3 is 1. The van der Waals surface area contributed by atoms with Gasteiger partial charge in [-0.15, -0.1) is 0 Å². The van der Waals surface area contributed by atoms with E-state index < -0.39 is 0 Å². The number of fused-ring (bicyclic) bond motifs is 1. The van der Waals surface area contributed by atoms with Crippen molar-refractivity contribution in [3.05, 3.63) is 54.4 Å². The average Bonchev–Trinajstić information content (AvgIpc) is 3.62. The van der Waals surface area contributed by atoms with Crippen LogP contribution >= 0.6 is 0 Å². The van der Waals surface area contributed by atoms with Gasteiger partial charge < -0.3 is 19.4 Å². The average molecular weight is 436 g/mol. The molecular formula is C26H33N3O3. The molecule has 4 rings (SSSR count). The standard InChI is InChI=1S/C26H33N3O3/c1-31-21-9-7-10-22(19-21)32-18-8-17-29-24-12-5-4-11-23(24)28-25(29)13-3-2-6-16-27-26(30)20-14-15-20/h4-5,7,9-12,19-20H,2-3,6,8,13-18H2,1H3,(H,27,30). The zero-order chi connectivity index (χ0) is 22.2. The number of aryl methyl sites for hydroxylation is 2. The highest BCUT2D eigenvalue weighted by Crippen LogP contribution is 2.28. The van der Waals surface area contributed by atoms with Gasteiger partial charge in [0.05, 0.1) is 24.8 Å². The normalized spacial score (nSPS) is 13.3. The fraction of sp³-hybridized carbons (Fsp3) is 0.462. The lowest BCUT2D eigenvalue weighted by Crippen LogP contribution is -2.25. The molecule has 0 unspecified atom stereocenters. The van der Waals surface area contributed by atoms with Crippen molar-refractivity contribution in [1.82, 2.24) is 14.9 Å². The van der Waals surface area contributed by atoms with Crippen LogP contribution in [0.2, 0.25) is 0 Å². The highest BCUT2D eigenvalue weighted by Gasteiger charge is 2.28. The summed E-state index contributed by atoms with van der Waals surface area (Å²) in [5.41, 5.74) is 2.23. The molecular weight excluding hydrogens is 402 g/mol. The summed E-state index contributed by atoms with van der Waals surface area (Å²) in [6.07, 6.45) is 7.15. The van der Waals surface area contributed by atoms with Gasteiger partial charge in [0.2, 0.25) is 5.91 Å². The highest BCUT2D eigenvalue weighted by molar-refractivity contribution is 5.80. The van der Waals surface area contributed by atoms with Crippen molar-refractivity contribution in [3.63, 3.8) is 0 Å². The van der Waals surface area contributed by atoms with E-state index in [-0.39, 0.29) is 5.91 Å². The van der Waals surface area contributed by atoms with Crippen LogP contribution in [-0.4, -0.2) is 35.7 Å². The van der Waals surface area contributed by atoms with E-state index in [1.807, 2.05) is 30.3 Å². The second-order valence-electron chi connectivity index (χ2n) is 8.43. The monoisotopic (exact) mass is 435 g/mol. The van der Waals surface area contributed by atoms with Crippen molar-refractivity contribution in [3.8, 4) is 11.5 Å². The molecule has 0 atom stereocenters. The van der Waals surface area contributed by atoms with Gasteiger partial charge in [0.15, 0.2) is 0 Å². The molecule has 1 aliphatic carbocycles. The largest absolute Gasteiger partial charge is 0.497 e. The quantitative estimate of drug-likeness (QED) is 0.394. The fourth-order valence-electron chi connectivity index (χ4n) is 3.96. The van der Waals surface area contributed by atoms with Crippen molar-refractivity contribution in [1.29, 1.82) is 0 Å². The van der Waals surface area contributed by atoms with Gasteiger partial charge in [-0.3, -0.25) is 4.79 Å². The number of carbonyl (C=O) groups excluding carboxylic acids is 1. The molecule has 6 nitrogen and oxygen atoms in total. The number of para-hydroxylation sites is 2. The van der Waals surface area contributed by atoms with Gasteiger partial charge in [0.1, 0.15) is 17.3 Å². The lowest BCUT2D eigenvalue weighted by molar-refractivity contribution is -0.122. The molecule has 3 aromatic rings. The predicted molar refractivity (Wildman–Crippen MR) is 126 cm³/mol. The van der Waals surface area contributed by atoms with Gasteiger partial charge in [-0.2, -0.15) is 0 Å². The van der Waals surface area contributed by atoms with Crippen LogP contribution in [0.1, 0.15) is 44.3 Å². The first-order valence-electron chi connectivity index (χ1n) is 11.7. The Morgan fingerprint density at radius 2 is 1.91 bits per heavy atom. The van der Waals surface area contributed by atoms with Crippen LogP contribution in [-0.2, 0) is 17.8 Å². The summed E-state index contributed by atoms with van der Waals surface area (Å²) in [5.74, 6) is 3.30. The first-order valence-corrected chi connectivity index (χ1v) is 11.7. The van der Waals surface area contributed by atoms with Gasteiger partial charge >= 0.3 is 0 Å². The maximum atomic E-state index is 11.7. The van der Waals surface area contributed by atoms with Crippen LogP contribution in [0, 0.1) is 5.92 Å². The summed E-state index contributed by atoms with van der Waals surface area (Å²) in [5, 5.41) is 3.05. The van der Waals surface area contributed by atoms with Crippen LogP contribution in [0.4, 0.5) is 0 Å². The molecule has 1 aromatic heterocycles. The SMILES string of the molecule is COc1cccc(OCCCn2c(CCCCCNC(=O)C3CC3)nc3ccccc32)c1. The molecule has 1 saturated carbocycles. The number of unbranched alkanes of at least 4 members (excludes halogenated alkanes) is 2. The van der Waals surface area contributed by atoms with Crippen molar-refractivity contribution in [2.45, 2.75) is 51.5 Å². The number of amides is 1. The zero-order valence-corrected chi connectivity index (χ0v) is 18.9. The Morgan fingerprint density at radius 3 is 2.75 bits per heavy atom. The van der Waals surface area contributed by atoms with Gasteiger partial charge in [-0.05, 0) is 56.4 Å². The first-order chi connectivity index (χ1) is 15.7. The lowest BCUT2D eigenvalue weighted by Gasteiger charge is -2.11. The van der Waals surface area contributed by atoms with E-state index in [4.69, 9.17) is 14.5 Å². The van der Waals surface area contributed by atoms with E-state index in [9.17, 15) is 4.79 Å². The Hall–Kier alpha value is -3.02. The van der Waals surface area contributed by atoms with Crippen molar-refractivity contribution >= 4 is 16.9 Å². The summed E-state index contributed by atoms with van der Waals surface area (Å²) in [6, 6.07) is 16.0. The van der Waals surface area contributed by atoms with E-state index in [1.54, 1.807) is 7.11 Å². The molecule has 0 radical (unpaired) electrons. The third kappa shape index (κ3) is 6.02. The lowest BCUT2D eigenvalue weighted by atomic mass is 10.2. The third-order valence-corrected chi connectivity index (χ3v) is 5.89. The summed E-state index contributed by atoms with van der Waals surface area (Å²) in [4.78, 5) is 16.6. The van der Waals surface area contributed by atoms with Crippen molar-refractivity contribution in [2.24, 2.45) is 5.92 Å². The topological polar surface area (TPSA) is 65.4 Å². The van der Waals surface area contributed by atoms with Crippen LogP contribution in [0.5, 0.6) is 11.5 Å². The maximum absolute atomic E-state index is 11.7. The van der Waals surface area contributed by atoms with Gasteiger partial charge in [-0.25, -0.2) is 4.98 Å². The van der Waals surface area contributed by atoms with Gasteiger partial charge in [-0.1, -0.05) is 24.6 Å². The van der Waals surface area contributed by atoms with Gasteiger partial charge in [0, 0.05) is 31.5 Å². The number of hydrogen-bond donors (Lipinski definition) is 1. The summed E-state index contributed by atoms with van der Waals surface area (Å²) in [7, 11) is 1.66. The Morgan fingerprint density at radius 1 is 1.06 bits per heavy atom. The number of carbonyl (C=O) groups is 1. The molecule has 1 N–H and O–H groups in total. The van der Waals surface area contributed by atoms with E-state index in [1.165, 1.54) is 5.52 Å². The smallest absolute Gasteiger partial charge is 0.223 e. The minimum atomic E-state index is 0.239. The molecule has 0 bridgehead atoms. The second-order valence-corrected chi connectivity index (χ2v) is 8.43. The molecule has 1 amide bonds. The number of nitrogens with one attached hydrogen (secondary N) is 1.